The Labute approximate surface area is 135 Å². The number of benzene rings is 1. The maximum atomic E-state index is 5.66. The Balaban J connectivity index is 2.00. The van der Waals surface area contributed by atoms with Crippen LogP contribution in [-0.2, 0) is 11.3 Å². The van der Waals surface area contributed by atoms with E-state index in [1.807, 2.05) is 13.0 Å². The van der Waals surface area contributed by atoms with Gasteiger partial charge in [-0.2, -0.15) is 0 Å². The summed E-state index contributed by atoms with van der Waals surface area (Å²) in [5.41, 5.74) is 1.17. The maximum absolute atomic E-state index is 5.66. The van der Waals surface area contributed by atoms with Gasteiger partial charge in [0.1, 0.15) is 13.2 Å². The molecule has 5 heteroatoms. The van der Waals surface area contributed by atoms with Crippen molar-refractivity contribution in [1.29, 1.82) is 0 Å². The highest BCUT2D eigenvalue weighted by atomic mass is 79.9. The predicted molar refractivity (Wildman–Crippen MR) is 87.1 cm³/mol. The van der Waals surface area contributed by atoms with Crippen molar-refractivity contribution in [2.24, 2.45) is 5.92 Å². The van der Waals surface area contributed by atoms with E-state index in [9.17, 15) is 0 Å². The summed E-state index contributed by atoms with van der Waals surface area (Å²) in [4.78, 5) is 0. The first-order chi connectivity index (χ1) is 10.1. The molecule has 4 nitrogen and oxygen atoms in total. The topological polar surface area (TPSA) is 39.7 Å². The van der Waals surface area contributed by atoms with Gasteiger partial charge in [0.2, 0.25) is 0 Å². The number of rotatable bonds is 7. The summed E-state index contributed by atoms with van der Waals surface area (Å²) in [7, 11) is 0. The van der Waals surface area contributed by atoms with Gasteiger partial charge in [-0.1, -0.05) is 13.8 Å². The molecule has 0 saturated carbocycles. The van der Waals surface area contributed by atoms with Crippen LogP contribution in [0, 0.1) is 5.92 Å². The van der Waals surface area contributed by atoms with Crippen LogP contribution >= 0.6 is 15.9 Å². The molecule has 1 N–H and O–H groups in total. The van der Waals surface area contributed by atoms with Crippen molar-refractivity contribution < 1.29 is 14.2 Å². The first kappa shape index (κ1) is 16.6. The lowest BCUT2D eigenvalue weighted by atomic mass is 10.0. The number of hydrogen-bond acceptors (Lipinski definition) is 4. The molecule has 0 fully saturated rings. The molecule has 0 aromatic heterocycles. The molecule has 1 aliphatic heterocycles. The van der Waals surface area contributed by atoms with Crippen LogP contribution in [0.1, 0.15) is 26.3 Å². The van der Waals surface area contributed by atoms with Crippen LogP contribution in [0.15, 0.2) is 16.6 Å². The normalized spacial score (nSPS) is 15.3. The van der Waals surface area contributed by atoms with Crippen LogP contribution in [0.25, 0.3) is 0 Å². The van der Waals surface area contributed by atoms with Crippen molar-refractivity contribution in [2.45, 2.75) is 33.4 Å². The van der Waals surface area contributed by atoms with Gasteiger partial charge in [0.25, 0.3) is 0 Å². The molecule has 1 atom stereocenters. The third-order valence-corrected chi connectivity index (χ3v) is 4.12. The molecule has 1 unspecified atom stereocenters. The molecule has 0 spiro atoms. The SMILES string of the molecule is CCOCC(NCc1cc(Br)c2c(c1)OCCO2)C(C)C. The Hall–Kier alpha value is -0.780. The average Bonchev–Trinajstić information content (AvgIpc) is 2.47. The summed E-state index contributed by atoms with van der Waals surface area (Å²) in [6.45, 7) is 9.91. The highest BCUT2D eigenvalue weighted by Gasteiger charge is 2.17. The molecule has 0 bridgehead atoms. The van der Waals surface area contributed by atoms with E-state index in [2.05, 4.69) is 41.2 Å². The van der Waals surface area contributed by atoms with Crippen LogP contribution in [-0.4, -0.2) is 32.5 Å². The average molecular weight is 358 g/mol. The van der Waals surface area contributed by atoms with Crippen LogP contribution in [0.5, 0.6) is 11.5 Å². The zero-order valence-electron chi connectivity index (χ0n) is 12.9. The van der Waals surface area contributed by atoms with Gasteiger partial charge in [0.15, 0.2) is 11.5 Å². The van der Waals surface area contributed by atoms with Crippen molar-refractivity contribution >= 4 is 15.9 Å². The lowest BCUT2D eigenvalue weighted by Gasteiger charge is -2.24. The van der Waals surface area contributed by atoms with E-state index in [4.69, 9.17) is 14.2 Å². The first-order valence-corrected chi connectivity index (χ1v) is 8.30. The molecule has 21 heavy (non-hydrogen) atoms. The van der Waals surface area contributed by atoms with Gasteiger partial charge in [-0.25, -0.2) is 0 Å². The fraction of sp³-hybridized carbons (Fsp3) is 0.625. The highest BCUT2D eigenvalue weighted by molar-refractivity contribution is 9.10. The smallest absolute Gasteiger partial charge is 0.175 e. The minimum absolute atomic E-state index is 0.344. The lowest BCUT2D eigenvalue weighted by molar-refractivity contribution is 0.108. The summed E-state index contributed by atoms with van der Waals surface area (Å²) in [5.74, 6) is 2.15. The van der Waals surface area contributed by atoms with Crippen LogP contribution in [0.3, 0.4) is 0 Å². The van der Waals surface area contributed by atoms with Crippen molar-refractivity contribution in [2.75, 3.05) is 26.4 Å². The van der Waals surface area contributed by atoms with Gasteiger partial charge in [-0.15, -0.1) is 0 Å². The molecule has 0 aliphatic carbocycles. The van der Waals surface area contributed by atoms with Crippen molar-refractivity contribution in [3.05, 3.63) is 22.2 Å². The van der Waals surface area contributed by atoms with E-state index in [0.717, 1.165) is 35.7 Å². The molecule has 0 amide bonds. The Morgan fingerprint density at radius 2 is 2.05 bits per heavy atom. The minimum Gasteiger partial charge on any atom is -0.486 e. The molecule has 1 aliphatic rings. The Morgan fingerprint density at radius 3 is 2.76 bits per heavy atom. The molecule has 2 rings (SSSR count). The number of hydrogen-bond donors (Lipinski definition) is 1. The fourth-order valence-electron chi connectivity index (χ4n) is 2.25. The summed E-state index contributed by atoms with van der Waals surface area (Å²) < 4.78 is 17.8. The largest absolute Gasteiger partial charge is 0.486 e. The molecule has 1 aromatic carbocycles. The van der Waals surface area contributed by atoms with E-state index in [0.29, 0.717) is 25.2 Å². The third-order valence-electron chi connectivity index (χ3n) is 3.53. The second-order valence-corrected chi connectivity index (χ2v) is 6.35. The van der Waals surface area contributed by atoms with E-state index in [-0.39, 0.29) is 0 Å². The van der Waals surface area contributed by atoms with Crippen LogP contribution < -0.4 is 14.8 Å². The molecule has 0 radical (unpaired) electrons. The van der Waals surface area contributed by atoms with Crippen LogP contribution in [0.2, 0.25) is 0 Å². The standard InChI is InChI=1S/C16H24BrNO3/c1-4-19-10-14(11(2)3)18-9-12-7-13(17)16-15(8-12)20-5-6-21-16/h7-8,11,14,18H,4-6,9-10H2,1-3H3. The molecular formula is C16H24BrNO3. The number of fused-ring (bicyclic) bond motifs is 1. The minimum atomic E-state index is 0.344. The second-order valence-electron chi connectivity index (χ2n) is 5.49. The molecule has 0 saturated heterocycles. The number of ether oxygens (including phenoxy) is 3. The predicted octanol–water partition coefficient (Wildman–Crippen LogP) is 3.37. The molecule has 1 aromatic rings. The Morgan fingerprint density at radius 1 is 1.29 bits per heavy atom. The number of halogens is 1. The summed E-state index contributed by atoms with van der Waals surface area (Å²) in [6.07, 6.45) is 0. The van der Waals surface area contributed by atoms with Crippen molar-refractivity contribution in [3.8, 4) is 11.5 Å². The van der Waals surface area contributed by atoms with Gasteiger partial charge < -0.3 is 19.5 Å². The van der Waals surface area contributed by atoms with E-state index in [1.54, 1.807) is 0 Å². The second kappa shape index (κ2) is 8.01. The summed E-state index contributed by atoms with van der Waals surface area (Å²) >= 11 is 3.55. The van der Waals surface area contributed by atoms with E-state index < -0.39 is 0 Å². The fourth-order valence-corrected chi connectivity index (χ4v) is 2.85. The monoisotopic (exact) mass is 357 g/mol. The van der Waals surface area contributed by atoms with Gasteiger partial charge in [0.05, 0.1) is 11.1 Å². The lowest BCUT2D eigenvalue weighted by Crippen LogP contribution is -2.37. The zero-order chi connectivity index (χ0) is 15.2. The van der Waals surface area contributed by atoms with Crippen molar-refractivity contribution in [1.82, 2.24) is 5.32 Å². The Kier molecular flexibility index (Phi) is 6.33. The summed E-state index contributed by atoms with van der Waals surface area (Å²) in [5, 5.41) is 3.56. The van der Waals surface area contributed by atoms with E-state index in [1.165, 1.54) is 5.56 Å². The van der Waals surface area contributed by atoms with Gasteiger partial charge in [-0.3, -0.25) is 0 Å². The number of nitrogens with one attached hydrogen (secondary N) is 1. The van der Waals surface area contributed by atoms with Gasteiger partial charge in [0, 0.05) is 19.2 Å². The summed E-state index contributed by atoms with van der Waals surface area (Å²) in [6, 6.07) is 4.47. The maximum Gasteiger partial charge on any atom is 0.175 e. The first-order valence-electron chi connectivity index (χ1n) is 7.51. The highest BCUT2D eigenvalue weighted by Crippen LogP contribution is 2.38. The molecule has 118 valence electrons. The van der Waals surface area contributed by atoms with Gasteiger partial charge >= 0.3 is 0 Å². The zero-order valence-corrected chi connectivity index (χ0v) is 14.5. The third kappa shape index (κ3) is 4.59. The molecular weight excluding hydrogens is 334 g/mol. The van der Waals surface area contributed by atoms with Crippen LogP contribution in [0.4, 0.5) is 0 Å². The van der Waals surface area contributed by atoms with E-state index >= 15 is 0 Å². The molecule has 1 heterocycles. The quantitative estimate of drug-likeness (QED) is 0.811. The van der Waals surface area contributed by atoms with Crippen molar-refractivity contribution in [3.63, 3.8) is 0 Å². The Bertz CT molecular complexity index is 465. The van der Waals surface area contributed by atoms with Gasteiger partial charge in [-0.05, 0) is 46.5 Å².